The lowest BCUT2D eigenvalue weighted by Crippen LogP contribution is -2.13. The van der Waals surface area contributed by atoms with Crippen LogP contribution in [0.4, 0.5) is 5.82 Å². The van der Waals surface area contributed by atoms with Gasteiger partial charge < -0.3 is 10.6 Å². The standard InChI is InChI=1S/C10H16N4/c1-11-6-4-9-12-7-5-10(14-9)13-8-2-3-8/h5,7-8,11H,2-4,6H2,1H3,(H,12,13,14). The molecule has 4 nitrogen and oxygen atoms in total. The van der Waals surface area contributed by atoms with E-state index in [4.69, 9.17) is 0 Å². The van der Waals surface area contributed by atoms with Gasteiger partial charge in [0.15, 0.2) is 0 Å². The van der Waals surface area contributed by atoms with Crippen LogP contribution in [0.1, 0.15) is 18.7 Å². The zero-order valence-corrected chi connectivity index (χ0v) is 8.45. The first-order valence-electron chi connectivity index (χ1n) is 5.11. The molecule has 0 spiro atoms. The molecule has 0 aliphatic heterocycles. The Balaban J connectivity index is 1.94. The van der Waals surface area contributed by atoms with Gasteiger partial charge >= 0.3 is 0 Å². The van der Waals surface area contributed by atoms with Crippen molar-refractivity contribution in [1.82, 2.24) is 15.3 Å². The van der Waals surface area contributed by atoms with Crippen LogP contribution < -0.4 is 10.6 Å². The van der Waals surface area contributed by atoms with E-state index in [2.05, 4.69) is 20.6 Å². The molecule has 1 saturated carbocycles. The van der Waals surface area contributed by atoms with Crippen LogP contribution in [0, 0.1) is 0 Å². The molecule has 0 aromatic carbocycles. The molecular formula is C10H16N4. The molecule has 1 aliphatic carbocycles. The van der Waals surface area contributed by atoms with Gasteiger partial charge in [0.25, 0.3) is 0 Å². The van der Waals surface area contributed by atoms with Gasteiger partial charge in [-0.3, -0.25) is 0 Å². The van der Waals surface area contributed by atoms with Crippen LogP contribution in [0.3, 0.4) is 0 Å². The molecule has 1 fully saturated rings. The van der Waals surface area contributed by atoms with Crippen LogP contribution in [-0.4, -0.2) is 29.6 Å². The second kappa shape index (κ2) is 4.37. The van der Waals surface area contributed by atoms with Crippen LogP contribution in [0.2, 0.25) is 0 Å². The maximum absolute atomic E-state index is 4.43. The van der Waals surface area contributed by atoms with Crippen molar-refractivity contribution in [3.63, 3.8) is 0 Å². The Morgan fingerprint density at radius 1 is 1.50 bits per heavy atom. The summed E-state index contributed by atoms with van der Waals surface area (Å²) >= 11 is 0. The number of nitrogens with zero attached hydrogens (tertiary/aromatic N) is 2. The van der Waals surface area contributed by atoms with E-state index < -0.39 is 0 Å². The number of rotatable bonds is 5. The SMILES string of the molecule is CNCCc1nccc(NC2CC2)n1. The maximum atomic E-state index is 4.43. The van der Waals surface area contributed by atoms with Crippen LogP contribution in [0.15, 0.2) is 12.3 Å². The van der Waals surface area contributed by atoms with Crippen molar-refractivity contribution in [1.29, 1.82) is 0 Å². The summed E-state index contributed by atoms with van der Waals surface area (Å²) in [6.45, 7) is 0.923. The van der Waals surface area contributed by atoms with Crippen LogP contribution in [0.5, 0.6) is 0 Å². The normalized spacial score (nSPS) is 15.5. The monoisotopic (exact) mass is 192 g/mol. The Morgan fingerprint density at radius 2 is 2.36 bits per heavy atom. The summed E-state index contributed by atoms with van der Waals surface area (Å²) in [4.78, 5) is 8.64. The van der Waals surface area contributed by atoms with Crippen molar-refractivity contribution in [2.75, 3.05) is 18.9 Å². The molecule has 1 aromatic heterocycles. The number of hydrogen-bond acceptors (Lipinski definition) is 4. The second-order valence-corrected chi connectivity index (χ2v) is 3.63. The van der Waals surface area contributed by atoms with Gasteiger partial charge in [0.2, 0.25) is 0 Å². The minimum atomic E-state index is 0.655. The van der Waals surface area contributed by atoms with Gasteiger partial charge in [0.1, 0.15) is 11.6 Å². The first-order valence-corrected chi connectivity index (χ1v) is 5.11. The molecule has 1 heterocycles. The van der Waals surface area contributed by atoms with Crippen molar-refractivity contribution in [3.05, 3.63) is 18.1 Å². The van der Waals surface area contributed by atoms with E-state index in [9.17, 15) is 0 Å². The molecule has 4 heteroatoms. The molecule has 0 saturated heterocycles. The van der Waals surface area contributed by atoms with Crippen molar-refractivity contribution in [2.24, 2.45) is 0 Å². The van der Waals surface area contributed by atoms with Gasteiger partial charge in [-0.1, -0.05) is 0 Å². The smallest absolute Gasteiger partial charge is 0.131 e. The third-order valence-corrected chi connectivity index (χ3v) is 2.23. The van der Waals surface area contributed by atoms with Crippen molar-refractivity contribution in [3.8, 4) is 0 Å². The minimum Gasteiger partial charge on any atom is -0.367 e. The lowest BCUT2D eigenvalue weighted by Gasteiger charge is -2.04. The average molecular weight is 192 g/mol. The summed E-state index contributed by atoms with van der Waals surface area (Å²) < 4.78 is 0. The summed E-state index contributed by atoms with van der Waals surface area (Å²) in [5.74, 6) is 1.87. The van der Waals surface area contributed by atoms with Gasteiger partial charge in [-0.2, -0.15) is 0 Å². The Labute approximate surface area is 84.2 Å². The fourth-order valence-electron chi connectivity index (χ4n) is 1.27. The largest absolute Gasteiger partial charge is 0.367 e. The third-order valence-electron chi connectivity index (χ3n) is 2.23. The topological polar surface area (TPSA) is 49.8 Å². The Hall–Kier alpha value is -1.16. The molecule has 0 atom stereocenters. The lowest BCUT2D eigenvalue weighted by molar-refractivity contribution is 0.755. The fraction of sp³-hybridized carbons (Fsp3) is 0.600. The number of hydrogen-bond donors (Lipinski definition) is 2. The summed E-state index contributed by atoms with van der Waals surface area (Å²) in [7, 11) is 1.94. The Bertz CT molecular complexity index is 296. The number of aromatic nitrogens is 2. The lowest BCUT2D eigenvalue weighted by atomic mass is 10.4. The molecule has 76 valence electrons. The van der Waals surface area contributed by atoms with Crippen LogP contribution in [-0.2, 0) is 6.42 Å². The molecule has 0 amide bonds. The maximum Gasteiger partial charge on any atom is 0.131 e. The van der Waals surface area contributed by atoms with E-state index in [0.717, 1.165) is 24.6 Å². The highest BCUT2D eigenvalue weighted by atomic mass is 15.1. The van der Waals surface area contributed by atoms with Gasteiger partial charge in [-0.15, -0.1) is 0 Å². The molecule has 0 bridgehead atoms. The zero-order chi connectivity index (χ0) is 9.80. The third kappa shape index (κ3) is 2.67. The predicted octanol–water partition coefficient (Wildman–Crippen LogP) is 0.813. The van der Waals surface area contributed by atoms with Gasteiger partial charge in [-0.05, 0) is 26.0 Å². The first-order chi connectivity index (χ1) is 6.88. The number of anilines is 1. The van der Waals surface area contributed by atoms with Gasteiger partial charge in [0, 0.05) is 25.2 Å². The van der Waals surface area contributed by atoms with Gasteiger partial charge in [0.05, 0.1) is 0 Å². The Morgan fingerprint density at radius 3 is 3.07 bits per heavy atom. The average Bonchev–Trinajstić information content (AvgIpc) is 2.99. The summed E-state index contributed by atoms with van der Waals surface area (Å²) in [6.07, 6.45) is 5.26. The highest BCUT2D eigenvalue weighted by molar-refractivity contribution is 5.35. The fourth-order valence-corrected chi connectivity index (χ4v) is 1.27. The molecule has 14 heavy (non-hydrogen) atoms. The molecule has 0 radical (unpaired) electrons. The zero-order valence-electron chi connectivity index (χ0n) is 8.45. The molecule has 2 N–H and O–H groups in total. The van der Waals surface area contributed by atoms with Gasteiger partial charge in [-0.25, -0.2) is 9.97 Å². The summed E-state index contributed by atoms with van der Waals surface area (Å²) in [5.41, 5.74) is 0. The highest BCUT2D eigenvalue weighted by Gasteiger charge is 2.21. The predicted molar refractivity (Wildman–Crippen MR) is 56.3 cm³/mol. The summed E-state index contributed by atoms with van der Waals surface area (Å²) in [5, 5.41) is 6.45. The molecule has 0 unspecified atom stereocenters. The first kappa shape index (κ1) is 9.40. The number of nitrogens with one attached hydrogen (secondary N) is 2. The quantitative estimate of drug-likeness (QED) is 0.725. The van der Waals surface area contributed by atoms with E-state index in [0.29, 0.717) is 6.04 Å². The van der Waals surface area contributed by atoms with Crippen LogP contribution >= 0.6 is 0 Å². The molecule has 1 aromatic rings. The van der Waals surface area contributed by atoms with Crippen molar-refractivity contribution >= 4 is 5.82 Å². The van der Waals surface area contributed by atoms with Crippen molar-refractivity contribution in [2.45, 2.75) is 25.3 Å². The Kier molecular flexibility index (Phi) is 2.93. The van der Waals surface area contributed by atoms with E-state index >= 15 is 0 Å². The van der Waals surface area contributed by atoms with E-state index in [1.807, 2.05) is 19.3 Å². The van der Waals surface area contributed by atoms with Crippen LogP contribution in [0.25, 0.3) is 0 Å². The van der Waals surface area contributed by atoms with E-state index in [-0.39, 0.29) is 0 Å². The molecule has 2 rings (SSSR count). The van der Waals surface area contributed by atoms with E-state index in [1.165, 1.54) is 12.8 Å². The highest BCUT2D eigenvalue weighted by Crippen LogP contribution is 2.23. The second-order valence-electron chi connectivity index (χ2n) is 3.63. The molecule has 1 aliphatic rings. The molecular weight excluding hydrogens is 176 g/mol. The number of likely N-dealkylation sites (N-methyl/N-ethyl adjacent to an activating group) is 1. The van der Waals surface area contributed by atoms with E-state index in [1.54, 1.807) is 0 Å². The van der Waals surface area contributed by atoms with Crippen molar-refractivity contribution < 1.29 is 0 Å². The summed E-state index contributed by atoms with van der Waals surface area (Å²) in [6, 6.07) is 2.59. The minimum absolute atomic E-state index is 0.655.